The van der Waals surface area contributed by atoms with E-state index in [1.54, 1.807) is 13.2 Å². The molecule has 0 aromatic heterocycles. The van der Waals surface area contributed by atoms with Crippen molar-refractivity contribution in [1.82, 2.24) is 0 Å². The first-order valence-electron chi connectivity index (χ1n) is 6.56. The number of rotatable bonds is 4. The Morgan fingerprint density at radius 1 is 1.39 bits per heavy atom. The fraction of sp³-hybridized carbons (Fsp3) is 0.571. The van der Waals surface area contributed by atoms with Crippen LogP contribution in [0.3, 0.4) is 0 Å². The summed E-state index contributed by atoms with van der Waals surface area (Å²) in [7, 11) is 1.63. The summed E-state index contributed by atoms with van der Waals surface area (Å²) in [4.78, 5) is 0. The van der Waals surface area contributed by atoms with Gasteiger partial charge in [0.2, 0.25) is 0 Å². The summed E-state index contributed by atoms with van der Waals surface area (Å²) < 4.78 is 5.11. The predicted octanol–water partition coefficient (Wildman–Crippen LogP) is 2.24. The molecular formula is C14H22N2O2. The number of nitrogen functional groups attached to an aromatic ring is 1. The van der Waals surface area contributed by atoms with E-state index in [0.29, 0.717) is 11.6 Å². The van der Waals surface area contributed by atoms with Crippen molar-refractivity contribution < 1.29 is 9.84 Å². The first kappa shape index (κ1) is 13.0. The number of benzene rings is 1. The Labute approximate surface area is 108 Å². The maximum Gasteiger partial charge on any atom is 0.121 e. The number of anilines is 2. The van der Waals surface area contributed by atoms with E-state index >= 15 is 0 Å². The molecule has 4 nitrogen and oxygen atoms in total. The van der Waals surface area contributed by atoms with Crippen LogP contribution in [0.15, 0.2) is 18.2 Å². The molecule has 0 spiro atoms. The molecule has 4 heteroatoms. The van der Waals surface area contributed by atoms with E-state index in [9.17, 15) is 5.11 Å². The standard InChI is InChI=1S/C14H22N2O2/c1-18-11-6-7-13(12(15)8-11)16-9-10-4-2-3-5-14(10)17/h6-8,10,14,16-17H,2-5,9,15H2,1H3. The van der Waals surface area contributed by atoms with Crippen molar-refractivity contribution >= 4 is 11.4 Å². The summed E-state index contributed by atoms with van der Waals surface area (Å²) >= 11 is 0. The predicted molar refractivity (Wildman–Crippen MR) is 73.9 cm³/mol. The van der Waals surface area contributed by atoms with E-state index in [-0.39, 0.29) is 6.10 Å². The Morgan fingerprint density at radius 2 is 2.17 bits per heavy atom. The van der Waals surface area contributed by atoms with Crippen LogP contribution in [0.25, 0.3) is 0 Å². The van der Waals surface area contributed by atoms with Crippen molar-refractivity contribution in [3.05, 3.63) is 18.2 Å². The smallest absolute Gasteiger partial charge is 0.121 e. The third-order valence-corrected chi connectivity index (χ3v) is 3.68. The second-order valence-electron chi connectivity index (χ2n) is 4.95. The highest BCUT2D eigenvalue weighted by atomic mass is 16.5. The van der Waals surface area contributed by atoms with Crippen molar-refractivity contribution in [2.75, 3.05) is 24.7 Å². The summed E-state index contributed by atoms with van der Waals surface area (Å²) in [6, 6.07) is 5.61. The van der Waals surface area contributed by atoms with Crippen molar-refractivity contribution in [3.8, 4) is 5.75 Å². The van der Waals surface area contributed by atoms with E-state index in [4.69, 9.17) is 10.5 Å². The lowest BCUT2D eigenvalue weighted by Gasteiger charge is -2.28. The molecule has 0 radical (unpaired) electrons. The van der Waals surface area contributed by atoms with Crippen LogP contribution in [-0.2, 0) is 0 Å². The van der Waals surface area contributed by atoms with Gasteiger partial charge in [-0.1, -0.05) is 12.8 Å². The van der Waals surface area contributed by atoms with Gasteiger partial charge in [-0.3, -0.25) is 0 Å². The van der Waals surface area contributed by atoms with E-state index in [1.165, 1.54) is 6.42 Å². The van der Waals surface area contributed by atoms with Crippen LogP contribution in [0.1, 0.15) is 25.7 Å². The number of nitrogens with two attached hydrogens (primary N) is 1. The first-order valence-corrected chi connectivity index (χ1v) is 6.56. The van der Waals surface area contributed by atoms with Gasteiger partial charge in [-0.05, 0) is 25.0 Å². The summed E-state index contributed by atoms with van der Waals surface area (Å²) in [6.07, 6.45) is 4.18. The summed E-state index contributed by atoms with van der Waals surface area (Å²) in [5.74, 6) is 1.09. The fourth-order valence-electron chi connectivity index (χ4n) is 2.50. The third-order valence-electron chi connectivity index (χ3n) is 3.68. The van der Waals surface area contributed by atoms with Crippen molar-refractivity contribution in [2.24, 2.45) is 5.92 Å². The topological polar surface area (TPSA) is 67.5 Å². The largest absolute Gasteiger partial charge is 0.497 e. The van der Waals surface area contributed by atoms with Gasteiger partial charge in [0, 0.05) is 18.5 Å². The molecule has 1 aliphatic rings. The quantitative estimate of drug-likeness (QED) is 0.717. The number of aliphatic hydroxyl groups is 1. The molecule has 18 heavy (non-hydrogen) atoms. The number of hydrogen-bond donors (Lipinski definition) is 3. The first-order chi connectivity index (χ1) is 8.70. The van der Waals surface area contributed by atoms with Crippen molar-refractivity contribution in [3.63, 3.8) is 0 Å². The zero-order chi connectivity index (χ0) is 13.0. The molecule has 0 bridgehead atoms. The Kier molecular flexibility index (Phi) is 4.31. The average Bonchev–Trinajstić information content (AvgIpc) is 2.39. The fourth-order valence-corrected chi connectivity index (χ4v) is 2.50. The maximum absolute atomic E-state index is 9.91. The number of nitrogens with one attached hydrogen (secondary N) is 1. The summed E-state index contributed by atoms with van der Waals surface area (Å²) in [6.45, 7) is 0.775. The van der Waals surface area contributed by atoms with Gasteiger partial charge in [0.1, 0.15) is 5.75 Å². The minimum atomic E-state index is -0.175. The Morgan fingerprint density at radius 3 is 2.83 bits per heavy atom. The molecule has 4 N–H and O–H groups in total. The Hall–Kier alpha value is -1.42. The van der Waals surface area contributed by atoms with Crippen LogP contribution in [0.5, 0.6) is 5.75 Å². The van der Waals surface area contributed by atoms with Gasteiger partial charge >= 0.3 is 0 Å². The van der Waals surface area contributed by atoms with Crippen molar-refractivity contribution in [2.45, 2.75) is 31.8 Å². The van der Waals surface area contributed by atoms with Crippen LogP contribution in [0, 0.1) is 5.92 Å². The molecule has 1 fully saturated rings. The molecule has 0 saturated heterocycles. The number of methoxy groups -OCH3 is 1. The lowest BCUT2D eigenvalue weighted by atomic mass is 9.86. The van der Waals surface area contributed by atoms with Gasteiger partial charge in [-0.2, -0.15) is 0 Å². The average molecular weight is 250 g/mol. The van der Waals surface area contributed by atoms with Gasteiger partial charge in [-0.25, -0.2) is 0 Å². The normalized spacial score (nSPS) is 23.7. The molecule has 0 heterocycles. The summed E-state index contributed by atoms with van der Waals surface area (Å²) in [5.41, 5.74) is 7.53. The van der Waals surface area contributed by atoms with Crippen LogP contribution in [0.4, 0.5) is 11.4 Å². The van der Waals surface area contributed by atoms with Gasteiger partial charge in [0.25, 0.3) is 0 Å². The number of aliphatic hydroxyl groups excluding tert-OH is 1. The van der Waals surface area contributed by atoms with Gasteiger partial charge in [-0.15, -0.1) is 0 Å². The molecule has 2 rings (SSSR count). The molecule has 1 aliphatic carbocycles. The molecule has 1 saturated carbocycles. The van der Waals surface area contributed by atoms with Gasteiger partial charge in [0.05, 0.1) is 24.6 Å². The van der Waals surface area contributed by atoms with Gasteiger partial charge in [0.15, 0.2) is 0 Å². The Bertz CT molecular complexity index is 395. The highest BCUT2D eigenvalue weighted by Gasteiger charge is 2.22. The highest BCUT2D eigenvalue weighted by Crippen LogP contribution is 2.27. The molecule has 2 atom stereocenters. The molecule has 1 aromatic rings. The highest BCUT2D eigenvalue weighted by molar-refractivity contribution is 5.68. The van der Waals surface area contributed by atoms with E-state index in [2.05, 4.69) is 5.32 Å². The monoisotopic (exact) mass is 250 g/mol. The van der Waals surface area contributed by atoms with Crippen LogP contribution >= 0.6 is 0 Å². The molecule has 2 unspecified atom stereocenters. The second-order valence-corrected chi connectivity index (χ2v) is 4.95. The summed E-state index contributed by atoms with van der Waals surface area (Å²) in [5, 5.41) is 13.2. The SMILES string of the molecule is COc1ccc(NCC2CCCCC2O)c(N)c1. The number of ether oxygens (including phenoxy) is 1. The zero-order valence-corrected chi connectivity index (χ0v) is 10.9. The lowest BCUT2D eigenvalue weighted by molar-refractivity contribution is 0.0763. The van der Waals surface area contributed by atoms with Crippen LogP contribution in [0.2, 0.25) is 0 Å². The number of hydrogen-bond acceptors (Lipinski definition) is 4. The van der Waals surface area contributed by atoms with E-state index in [1.807, 2.05) is 12.1 Å². The minimum Gasteiger partial charge on any atom is -0.497 e. The van der Waals surface area contributed by atoms with Crippen molar-refractivity contribution in [1.29, 1.82) is 0 Å². The maximum atomic E-state index is 9.91. The van der Waals surface area contributed by atoms with Crippen LogP contribution < -0.4 is 15.8 Å². The van der Waals surface area contributed by atoms with E-state index in [0.717, 1.165) is 37.2 Å². The molecule has 100 valence electrons. The van der Waals surface area contributed by atoms with E-state index < -0.39 is 0 Å². The molecule has 0 amide bonds. The minimum absolute atomic E-state index is 0.175. The third kappa shape index (κ3) is 3.07. The Balaban J connectivity index is 1.93. The van der Waals surface area contributed by atoms with Crippen LogP contribution in [-0.4, -0.2) is 24.9 Å². The zero-order valence-electron chi connectivity index (χ0n) is 10.9. The lowest BCUT2D eigenvalue weighted by Crippen LogP contribution is -2.30. The molecule has 1 aromatic carbocycles. The molecule has 0 aliphatic heterocycles. The second kappa shape index (κ2) is 5.96. The molecular weight excluding hydrogens is 228 g/mol. The van der Waals surface area contributed by atoms with Gasteiger partial charge < -0.3 is 20.9 Å².